The zero-order valence-corrected chi connectivity index (χ0v) is 31.5. The second kappa shape index (κ2) is 21.9. The van der Waals surface area contributed by atoms with Crippen molar-refractivity contribution in [2.75, 3.05) is 57.4 Å². The molecule has 0 amide bonds. The molecule has 3 aromatic heterocycles. The summed E-state index contributed by atoms with van der Waals surface area (Å²) < 4.78 is 135. The highest BCUT2D eigenvalue weighted by molar-refractivity contribution is 5.74. The Balaban J connectivity index is 0.000000372. The fourth-order valence-electron chi connectivity index (χ4n) is 5.29. The first-order valence-corrected chi connectivity index (χ1v) is 17.4. The van der Waals surface area contributed by atoms with Gasteiger partial charge >= 0.3 is 48.6 Å². The summed E-state index contributed by atoms with van der Waals surface area (Å²) in [7, 11) is 0. The fraction of sp³-hybridized carbons (Fsp3) is 0.529. The standard InChI is InChI=1S/C26H34N6O.4C2HF3O2/c1-20-4-2-5-22(27-20)17-29-10-11-31(16-21-8-9-21)24(19-29)23-18-32-25(28-23)6-3-7-26(32)30-12-14-33-15-13-30;4*3-2(4,5)1(6)7/h2-7,18,21,24H,8-17,19H2,1H3;4*(H,6,7). The Morgan fingerprint density at radius 1 is 0.689 bits per heavy atom. The lowest BCUT2D eigenvalue weighted by molar-refractivity contribution is -0.193. The topological polar surface area (TPSA) is 198 Å². The summed E-state index contributed by atoms with van der Waals surface area (Å²) in [6.45, 7) is 10.8. The summed E-state index contributed by atoms with van der Waals surface area (Å²) in [5.41, 5.74) is 4.48. The Labute approximate surface area is 336 Å². The van der Waals surface area contributed by atoms with E-state index in [0.717, 1.165) is 75.4 Å². The first-order chi connectivity index (χ1) is 28.0. The molecule has 2 saturated heterocycles. The zero-order valence-electron chi connectivity index (χ0n) is 31.5. The van der Waals surface area contributed by atoms with E-state index in [1.807, 2.05) is 0 Å². The van der Waals surface area contributed by atoms with Crippen LogP contribution < -0.4 is 4.90 Å². The van der Waals surface area contributed by atoms with Crippen LogP contribution in [0.15, 0.2) is 42.6 Å². The summed E-state index contributed by atoms with van der Waals surface area (Å²) in [6, 6.07) is 13.1. The first-order valence-electron chi connectivity index (χ1n) is 17.4. The Morgan fingerprint density at radius 3 is 1.61 bits per heavy atom. The number of aromatic nitrogens is 3. The number of fused-ring (bicyclic) bond motifs is 1. The molecule has 5 heterocycles. The van der Waals surface area contributed by atoms with E-state index in [1.165, 1.54) is 30.9 Å². The average Bonchev–Trinajstić information content (AvgIpc) is 3.85. The largest absolute Gasteiger partial charge is 0.490 e. The molecule has 61 heavy (non-hydrogen) atoms. The number of alkyl halides is 12. The molecular formula is C34H38F12N6O9. The Hall–Kier alpha value is -5.44. The highest BCUT2D eigenvalue weighted by Crippen LogP contribution is 2.35. The van der Waals surface area contributed by atoms with E-state index in [9.17, 15) is 52.7 Å². The predicted octanol–water partition coefficient (Wildman–Crippen LogP) is 5.68. The van der Waals surface area contributed by atoms with Gasteiger partial charge < -0.3 is 30.1 Å². The number of nitrogens with zero attached hydrogens (tertiary/aromatic N) is 6. The quantitative estimate of drug-likeness (QED) is 0.221. The molecule has 3 aliphatic rings. The molecule has 15 nitrogen and oxygen atoms in total. The number of piperazine rings is 1. The highest BCUT2D eigenvalue weighted by atomic mass is 19.4. The van der Waals surface area contributed by atoms with Crippen LogP contribution in [0.4, 0.5) is 58.5 Å². The molecule has 0 bridgehead atoms. The molecule has 2 aliphatic heterocycles. The number of aliphatic carboxylic acids is 4. The number of pyridine rings is 2. The average molecular weight is 903 g/mol. The normalized spacial score (nSPS) is 17.5. The van der Waals surface area contributed by atoms with Gasteiger partial charge in [-0.3, -0.25) is 19.2 Å². The summed E-state index contributed by atoms with van der Waals surface area (Å²) >= 11 is 0. The number of aryl methyl sites for hydroxylation is 1. The highest BCUT2D eigenvalue weighted by Gasteiger charge is 2.40. The molecule has 1 atom stereocenters. The number of morpholine rings is 1. The molecule has 0 spiro atoms. The lowest BCUT2D eigenvalue weighted by atomic mass is 10.1. The van der Waals surface area contributed by atoms with Crippen LogP contribution in [-0.2, 0) is 30.5 Å². The van der Waals surface area contributed by atoms with Crippen molar-refractivity contribution in [2.24, 2.45) is 5.92 Å². The van der Waals surface area contributed by atoms with Gasteiger partial charge in [0.2, 0.25) is 0 Å². The fourth-order valence-corrected chi connectivity index (χ4v) is 5.29. The number of carboxylic acids is 4. The molecule has 6 rings (SSSR count). The maximum atomic E-state index is 10.6. The number of carbonyl (C=O) groups is 4. The number of anilines is 1. The number of hydrogen-bond acceptors (Lipinski definition) is 10. The predicted molar refractivity (Wildman–Crippen MR) is 184 cm³/mol. The van der Waals surface area contributed by atoms with Gasteiger partial charge in [0.1, 0.15) is 11.5 Å². The van der Waals surface area contributed by atoms with E-state index in [-0.39, 0.29) is 0 Å². The molecule has 3 fully saturated rings. The van der Waals surface area contributed by atoms with E-state index < -0.39 is 48.6 Å². The van der Waals surface area contributed by atoms with Crippen LogP contribution in [0.1, 0.15) is 36.0 Å². The van der Waals surface area contributed by atoms with Gasteiger partial charge in [-0.05, 0) is 49.9 Å². The van der Waals surface area contributed by atoms with E-state index in [4.69, 9.17) is 54.3 Å². The number of carboxylic acid groups (broad SMARTS) is 4. The zero-order chi connectivity index (χ0) is 46.5. The minimum Gasteiger partial charge on any atom is -0.475 e. The van der Waals surface area contributed by atoms with Crippen molar-refractivity contribution in [3.8, 4) is 0 Å². The summed E-state index contributed by atoms with van der Waals surface area (Å²) in [5, 5.41) is 28.5. The molecular weight excluding hydrogens is 864 g/mol. The van der Waals surface area contributed by atoms with E-state index in [1.54, 1.807) is 0 Å². The second-order valence-electron chi connectivity index (χ2n) is 13.0. The molecule has 1 unspecified atom stereocenters. The molecule has 1 saturated carbocycles. The number of halogens is 12. The number of imidazole rings is 1. The first kappa shape index (κ1) is 51.7. The molecule has 342 valence electrons. The molecule has 3 aromatic rings. The summed E-state index contributed by atoms with van der Waals surface area (Å²) in [6.07, 6.45) is -15.3. The van der Waals surface area contributed by atoms with Gasteiger partial charge in [-0.15, -0.1) is 0 Å². The van der Waals surface area contributed by atoms with E-state index in [2.05, 4.69) is 68.6 Å². The minimum absolute atomic E-state index is 0.321. The van der Waals surface area contributed by atoms with Gasteiger partial charge in [0.05, 0.1) is 30.6 Å². The Bertz CT molecular complexity index is 1820. The Kier molecular flexibility index (Phi) is 18.6. The van der Waals surface area contributed by atoms with Crippen LogP contribution in [0.3, 0.4) is 0 Å². The molecule has 27 heteroatoms. The SMILES string of the molecule is Cc1cccc(CN2CCN(CC3CC3)C(c3cn4c(N5CCOCC5)cccc4n3)C2)n1.O=C(O)C(F)(F)F.O=C(O)C(F)(F)F.O=C(O)C(F)(F)F.O=C(O)C(F)(F)F. The van der Waals surface area contributed by atoms with Gasteiger partial charge in [0.15, 0.2) is 0 Å². The maximum absolute atomic E-state index is 10.6. The second-order valence-corrected chi connectivity index (χ2v) is 13.0. The van der Waals surface area contributed by atoms with Crippen LogP contribution in [-0.4, -0.2) is 146 Å². The molecule has 1 aliphatic carbocycles. The molecule has 4 N–H and O–H groups in total. The van der Waals surface area contributed by atoms with Crippen molar-refractivity contribution < 1.29 is 97.0 Å². The third kappa shape index (κ3) is 18.4. The van der Waals surface area contributed by atoms with Crippen molar-refractivity contribution in [2.45, 2.75) is 57.1 Å². The van der Waals surface area contributed by atoms with Crippen LogP contribution in [0.25, 0.3) is 5.65 Å². The molecule has 0 aromatic carbocycles. The number of hydrogen-bond donors (Lipinski definition) is 4. The number of rotatable bonds is 6. The monoisotopic (exact) mass is 902 g/mol. The minimum atomic E-state index is -5.08. The molecule has 0 radical (unpaired) electrons. The smallest absolute Gasteiger partial charge is 0.475 e. The van der Waals surface area contributed by atoms with Crippen LogP contribution in [0.5, 0.6) is 0 Å². The van der Waals surface area contributed by atoms with Gasteiger partial charge in [-0.1, -0.05) is 12.1 Å². The van der Waals surface area contributed by atoms with Gasteiger partial charge in [-0.25, -0.2) is 24.2 Å². The third-order valence-electron chi connectivity index (χ3n) is 8.23. The van der Waals surface area contributed by atoms with E-state index in [0.29, 0.717) is 6.04 Å². The van der Waals surface area contributed by atoms with Crippen LogP contribution in [0.2, 0.25) is 0 Å². The van der Waals surface area contributed by atoms with Crippen molar-refractivity contribution >= 4 is 35.3 Å². The summed E-state index contributed by atoms with van der Waals surface area (Å²) in [4.78, 5) is 53.1. The lowest BCUT2D eigenvalue weighted by Crippen LogP contribution is -2.48. The van der Waals surface area contributed by atoms with Gasteiger partial charge in [0, 0.05) is 57.7 Å². The third-order valence-corrected chi connectivity index (χ3v) is 8.23. The number of ether oxygens (including phenoxy) is 1. The Morgan fingerprint density at radius 2 is 1.16 bits per heavy atom. The summed E-state index contributed by atoms with van der Waals surface area (Å²) in [5.74, 6) is -8.93. The maximum Gasteiger partial charge on any atom is 0.490 e. The lowest BCUT2D eigenvalue weighted by Gasteiger charge is -2.40. The van der Waals surface area contributed by atoms with Gasteiger partial charge in [0.25, 0.3) is 0 Å². The van der Waals surface area contributed by atoms with Crippen molar-refractivity contribution in [3.63, 3.8) is 0 Å². The van der Waals surface area contributed by atoms with Gasteiger partial charge in [-0.2, -0.15) is 52.7 Å². The van der Waals surface area contributed by atoms with Crippen molar-refractivity contribution in [1.29, 1.82) is 0 Å². The van der Waals surface area contributed by atoms with Crippen molar-refractivity contribution in [3.05, 3.63) is 59.7 Å². The van der Waals surface area contributed by atoms with Crippen LogP contribution >= 0.6 is 0 Å². The van der Waals surface area contributed by atoms with E-state index >= 15 is 0 Å². The van der Waals surface area contributed by atoms with Crippen molar-refractivity contribution in [1.82, 2.24) is 24.2 Å². The van der Waals surface area contributed by atoms with Crippen LogP contribution in [0, 0.1) is 12.8 Å².